The van der Waals surface area contributed by atoms with E-state index in [1.54, 1.807) is 6.08 Å². The van der Waals surface area contributed by atoms with E-state index < -0.39 is 38.6 Å². The second-order valence-corrected chi connectivity index (χ2v) is 14.0. The van der Waals surface area contributed by atoms with E-state index in [4.69, 9.17) is 19.3 Å². The molecule has 10 heteroatoms. The van der Waals surface area contributed by atoms with Gasteiger partial charge >= 0.3 is 19.8 Å². The lowest BCUT2D eigenvalue weighted by Gasteiger charge is -2.18. The number of hydrogen-bond acceptors (Lipinski definition) is 7. The van der Waals surface area contributed by atoms with Crippen LogP contribution in [-0.2, 0) is 28.2 Å². The van der Waals surface area contributed by atoms with Crippen LogP contribution < -0.4 is 0 Å². The third kappa shape index (κ3) is 40.0. The molecule has 0 saturated heterocycles. The molecule has 0 aromatic carbocycles. The fraction of sp³-hybridized carbons (Fsp3) is 0.581. The van der Waals surface area contributed by atoms with Crippen LogP contribution >= 0.6 is 7.82 Å². The van der Waals surface area contributed by atoms with Crippen LogP contribution in [-0.4, -0.2) is 52.3 Å². The second kappa shape index (κ2) is 37.3. The van der Waals surface area contributed by atoms with Gasteiger partial charge in [0, 0.05) is 12.8 Å². The Morgan fingerprint density at radius 1 is 0.604 bits per heavy atom. The van der Waals surface area contributed by atoms with Gasteiger partial charge in [-0.2, -0.15) is 0 Å². The first-order chi connectivity index (χ1) is 25.7. The molecule has 0 bridgehead atoms. The van der Waals surface area contributed by atoms with Gasteiger partial charge in [-0.25, -0.2) is 4.57 Å². The second-order valence-electron chi connectivity index (χ2n) is 12.7. The molecule has 2 atom stereocenters. The summed E-state index contributed by atoms with van der Waals surface area (Å²) in [6, 6.07) is 0. The largest absolute Gasteiger partial charge is 0.469 e. The van der Waals surface area contributed by atoms with Gasteiger partial charge in [0.25, 0.3) is 0 Å². The van der Waals surface area contributed by atoms with E-state index in [1.807, 2.05) is 54.7 Å². The Morgan fingerprint density at radius 3 is 1.75 bits per heavy atom. The maximum atomic E-state index is 12.4. The minimum atomic E-state index is -4.80. The maximum absolute atomic E-state index is 12.4. The summed E-state index contributed by atoms with van der Waals surface area (Å²) in [6.07, 6.45) is 47.4. The molecule has 53 heavy (non-hydrogen) atoms. The van der Waals surface area contributed by atoms with Gasteiger partial charge in [-0.15, -0.1) is 0 Å². The number of carbonyl (C=O) groups excluding carboxylic acids is 2. The molecule has 0 fully saturated rings. The van der Waals surface area contributed by atoms with E-state index in [-0.39, 0.29) is 19.4 Å². The predicted octanol–water partition coefficient (Wildman–Crippen LogP) is 10.8. The molecule has 0 radical (unpaired) electrons. The third-order valence-corrected chi connectivity index (χ3v) is 8.15. The van der Waals surface area contributed by atoms with Gasteiger partial charge in [0.15, 0.2) is 6.10 Å². The zero-order valence-corrected chi connectivity index (χ0v) is 33.4. The number of ether oxygens (including phenoxy) is 2. The third-order valence-electron chi connectivity index (χ3n) is 7.67. The fourth-order valence-corrected chi connectivity index (χ4v) is 5.10. The SMILES string of the molecule is CC/C=C\C/C=C\CC(O)/C=C/C=C\C/C=C\CCCC(=O)OC[C@H](COP(=O)(O)O)OC(=O)CCC/C=C\C/C=C\C/C=C\CCCCCCCC. The Labute approximate surface area is 320 Å². The van der Waals surface area contributed by atoms with Gasteiger partial charge in [0.1, 0.15) is 6.61 Å². The Kier molecular flexibility index (Phi) is 35.1. The fourth-order valence-electron chi connectivity index (χ4n) is 4.74. The molecule has 0 aromatic heterocycles. The number of rotatable bonds is 34. The van der Waals surface area contributed by atoms with E-state index in [2.05, 4.69) is 54.8 Å². The van der Waals surface area contributed by atoms with Crippen LogP contribution in [0.3, 0.4) is 0 Å². The minimum Gasteiger partial charge on any atom is -0.462 e. The zero-order valence-electron chi connectivity index (χ0n) is 32.5. The average Bonchev–Trinajstić information content (AvgIpc) is 3.12. The van der Waals surface area contributed by atoms with Crippen LogP contribution in [0.25, 0.3) is 0 Å². The van der Waals surface area contributed by atoms with Gasteiger partial charge in [-0.3, -0.25) is 14.1 Å². The lowest BCUT2D eigenvalue weighted by Crippen LogP contribution is -2.29. The summed E-state index contributed by atoms with van der Waals surface area (Å²) in [6.45, 7) is 3.38. The summed E-state index contributed by atoms with van der Waals surface area (Å²) >= 11 is 0. The molecule has 1 unspecified atom stereocenters. The number of carbonyl (C=O) groups is 2. The molecule has 300 valence electrons. The number of unbranched alkanes of at least 4 members (excludes halogenated alkanes) is 8. The summed E-state index contributed by atoms with van der Waals surface area (Å²) in [7, 11) is -4.80. The number of aliphatic hydroxyl groups excluding tert-OH is 1. The summed E-state index contributed by atoms with van der Waals surface area (Å²) in [5.41, 5.74) is 0. The first-order valence-corrected chi connectivity index (χ1v) is 21.2. The molecule has 9 nitrogen and oxygen atoms in total. The van der Waals surface area contributed by atoms with Gasteiger partial charge < -0.3 is 24.4 Å². The molecule has 0 aliphatic carbocycles. The standard InChI is InChI=1S/C43H69O9P/c1-3-5-7-9-11-12-13-14-15-16-17-18-19-20-25-29-33-37-43(46)52-41(39-51-53(47,48)49)38-50-42(45)36-32-28-24-22-21-23-27-31-35-40(44)34-30-26-10-8-6-4-2/h6,8,14-15,17-18,20,22-27,30-31,35,40-41,44H,3-5,7,9-13,16,19,21,28-29,32-34,36-39H2,1-2H3,(H2,47,48,49)/b8-6-,15-14-,18-17-,24-22-,25-20-,27-23-,30-26-,35-31+/t40?,41-/m1/s1. The lowest BCUT2D eigenvalue weighted by atomic mass is 10.1. The van der Waals surface area contributed by atoms with Crippen molar-refractivity contribution in [3.8, 4) is 0 Å². The Morgan fingerprint density at radius 2 is 1.13 bits per heavy atom. The van der Waals surface area contributed by atoms with Gasteiger partial charge in [0.2, 0.25) is 0 Å². The van der Waals surface area contributed by atoms with E-state index in [1.165, 1.54) is 38.5 Å². The van der Waals surface area contributed by atoms with Crippen molar-refractivity contribution in [3.05, 3.63) is 97.2 Å². The molecule has 3 N–H and O–H groups in total. The van der Waals surface area contributed by atoms with Crippen LogP contribution in [0.4, 0.5) is 0 Å². The molecule has 0 rings (SSSR count). The van der Waals surface area contributed by atoms with Crippen molar-refractivity contribution < 1.29 is 43.0 Å². The number of phosphoric ester groups is 1. The average molecular weight is 761 g/mol. The smallest absolute Gasteiger partial charge is 0.462 e. The van der Waals surface area contributed by atoms with E-state index in [0.29, 0.717) is 38.5 Å². The van der Waals surface area contributed by atoms with Crippen LogP contribution in [0.15, 0.2) is 97.2 Å². The molecular formula is C43H69O9P. The monoisotopic (exact) mass is 760 g/mol. The highest BCUT2D eigenvalue weighted by Crippen LogP contribution is 2.35. The van der Waals surface area contributed by atoms with Crippen molar-refractivity contribution in [2.45, 2.75) is 148 Å². The Balaban J connectivity index is 4.23. The van der Waals surface area contributed by atoms with Crippen molar-refractivity contribution in [3.63, 3.8) is 0 Å². The number of phosphoric acid groups is 1. The van der Waals surface area contributed by atoms with Crippen molar-refractivity contribution >= 4 is 19.8 Å². The summed E-state index contributed by atoms with van der Waals surface area (Å²) in [5, 5.41) is 9.97. The first-order valence-electron chi connectivity index (χ1n) is 19.6. The summed E-state index contributed by atoms with van der Waals surface area (Å²) in [5.74, 6) is -1.06. The lowest BCUT2D eigenvalue weighted by molar-refractivity contribution is -0.161. The first kappa shape index (κ1) is 49.9. The Bertz CT molecular complexity index is 1190. The van der Waals surface area contributed by atoms with Crippen LogP contribution in [0.5, 0.6) is 0 Å². The van der Waals surface area contributed by atoms with Gasteiger partial charge in [0.05, 0.1) is 12.7 Å². The summed E-state index contributed by atoms with van der Waals surface area (Å²) in [4.78, 5) is 42.7. The van der Waals surface area contributed by atoms with Crippen molar-refractivity contribution in [1.29, 1.82) is 0 Å². The Hall–Kier alpha value is -3.07. The highest BCUT2D eigenvalue weighted by atomic mass is 31.2. The maximum Gasteiger partial charge on any atom is 0.469 e. The number of allylic oxidation sites excluding steroid dienone is 14. The highest BCUT2D eigenvalue weighted by molar-refractivity contribution is 7.46. The van der Waals surface area contributed by atoms with E-state index in [9.17, 15) is 19.3 Å². The van der Waals surface area contributed by atoms with Gasteiger partial charge in [-0.1, -0.05) is 143 Å². The number of esters is 2. The van der Waals surface area contributed by atoms with Crippen molar-refractivity contribution in [1.82, 2.24) is 0 Å². The van der Waals surface area contributed by atoms with Crippen molar-refractivity contribution in [2.24, 2.45) is 0 Å². The molecule has 0 spiro atoms. The molecule has 0 heterocycles. The molecule has 0 aliphatic heterocycles. The molecular weight excluding hydrogens is 691 g/mol. The topological polar surface area (TPSA) is 140 Å². The quantitative estimate of drug-likeness (QED) is 0.0192. The minimum absolute atomic E-state index is 0.110. The van der Waals surface area contributed by atoms with E-state index >= 15 is 0 Å². The predicted molar refractivity (Wildman–Crippen MR) is 217 cm³/mol. The van der Waals surface area contributed by atoms with Gasteiger partial charge in [-0.05, 0) is 77.0 Å². The van der Waals surface area contributed by atoms with E-state index in [0.717, 1.165) is 32.1 Å². The molecule has 0 aromatic rings. The zero-order chi connectivity index (χ0) is 39.1. The number of aliphatic hydroxyl groups is 1. The van der Waals surface area contributed by atoms with Crippen LogP contribution in [0.1, 0.15) is 136 Å². The molecule has 0 saturated carbocycles. The van der Waals surface area contributed by atoms with Crippen LogP contribution in [0.2, 0.25) is 0 Å². The normalized spacial score (nSPS) is 14.1. The highest BCUT2D eigenvalue weighted by Gasteiger charge is 2.22. The summed E-state index contributed by atoms with van der Waals surface area (Å²) < 4.78 is 26.2. The molecule has 0 amide bonds. The molecule has 0 aliphatic rings. The van der Waals surface area contributed by atoms with Crippen LogP contribution in [0, 0.1) is 0 Å². The van der Waals surface area contributed by atoms with Crippen molar-refractivity contribution in [2.75, 3.05) is 13.2 Å². The number of hydrogen-bond donors (Lipinski definition) is 3.